The molecule has 0 saturated carbocycles. The van der Waals surface area contributed by atoms with Gasteiger partial charge >= 0.3 is 0 Å². The molecule has 22 heavy (non-hydrogen) atoms. The zero-order valence-electron chi connectivity index (χ0n) is 12.7. The van der Waals surface area contributed by atoms with E-state index in [2.05, 4.69) is 13.0 Å². The van der Waals surface area contributed by atoms with Crippen LogP contribution in [0.25, 0.3) is 0 Å². The number of nitriles is 1. The molecule has 0 aromatic heterocycles. The Kier molecular flexibility index (Phi) is 3.68. The SMILES string of the molecule is Cc1ccc(OCc2ccccc2C#N)c2c1[C@H](C)CC2=O. The molecule has 3 nitrogen and oxygen atoms in total. The predicted octanol–water partition coefficient (Wildman–Crippen LogP) is 4.14. The number of carbonyl (C=O) groups excluding carboxylic acids is 1. The van der Waals surface area contributed by atoms with Crippen molar-refractivity contribution in [2.45, 2.75) is 32.8 Å². The maximum absolute atomic E-state index is 12.3. The van der Waals surface area contributed by atoms with Crippen LogP contribution < -0.4 is 4.74 Å². The van der Waals surface area contributed by atoms with E-state index in [-0.39, 0.29) is 11.7 Å². The van der Waals surface area contributed by atoms with Gasteiger partial charge in [0.2, 0.25) is 0 Å². The molecule has 0 amide bonds. The Bertz CT molecular complexity index is 787. The number of fused-ring (bicyclic) bond motifs is 1. The van der Waals surface area contributed by atoms with Gasteiger partial charge in [-0.15, -0.1) is 0 Å². The Morgan fingerprint density at radius 2 is 2.05 bits per heavy atom. The van der Waals surface area contributed by atoms with E-state index in [9.17, 15) is 4.79 Å². The third kappa shape index (κ3) is 2.37. The Morgan fingerprint density at radius 1 is 1.27 bits per heavy atom. The Labute approximate surface area is 130 Å². The third-order valence-electron chi connectivity index (χ3n) is 4.21. The van der Waals surface area contributed by atoms with Crippen molar-refractivity contribution in [2.75, 3.05) is 0 Å². The van der Waals surface area contributed by atoms with Crippen LogP contribution in [0.15, 0.2) is 36.4 Å². The fraction of sp³-hybridized carbons (Fsp3) is 0.263. The van der Waals surface area contributed by atoms with Crippen molar-refractivity contribution < 1.29 is 9.53 Å². The van der Waals surface area contributed by atoms with Crippen molar-refractivity contribution in [1.82, 2.24) is 0 Å². The van der Waals surface area contributed by atoms with Gasteiger partial charge in [0.15, 0.2) is 5.78 Å². The van der Waals surface area contributed by atoms with Gasteiger partial charge in [0.25, 0.3) is 0 Å². The lowest BCUT2D eigenvalue weighted by Crippen LogP contribution is -2.03. The van der Waals surface area contributed by atoms with Gasteiger partial charge < -0.3 is 4.74 Å². The van der Waals surface area contributed by atoms with Crippen molar-refractivity contribution in [2.24, 2.45) is 0 Å². The summed E-state index contributed by atoms with van der Waals surface area (Å²) in [6, 6.07) is 13.4. The van der Waals surface area contributed by atoms with Gasteiger partial charge in [-0.3, -0.25) is 4.79 Å². The van der Waals surface area contributed by atoms with Crippen LogP contribution in [-0.2, 0) is 6.61 Å². The zero-order valence-corrected chi connectivity index (χ0v) is 12.7. The molecular weight excluding hydrogens is 274 g/mol. The first-order valence-corrected chi connectivity index (χ1v) is 7.39. The maximum Gasteiger partial charge on any atom is 0.167 e. The highest BCUT2D eigenvalue weighted by Gasteiger charge is 2.31. The molecule has 1 atom stereocenters. The lowest BCUT2D eigenvalue weighted by molar-refractivity contribution is 0.0986. The average molecular weight is 291 g/mol. The first-order valence-electron chi connectivity index (χ1n) is 7.39. The lowest BCUT2D eigenvalue weighted by atomic mass is 9.97. The van der Waals surface area contributed by atoms with E-state index in [4.69, 9.17) is 10.00 Å². The lowest BCUT2D eigenvalue weighted by Gasteiger charge is -2.13. The Morgan fingerprint density at radius 3 is 2.82 bits per heavy atom. The fourth-order valence-corrected chi connectivity index (χ4v) is 3.14. The summed E-state index contributed by atoms with van der Waals surface area (Å²) in [6.45, 7) is 4.40. The van der Waals surface area contributed by atoms with Gasteiger partial charge in [-0.05, 0) is 36.1 Å². The van der Waals surface area contributed by atoms with Crippen LogP contribution in [-0.4, -0.2) is 5.78 Å². The summed E-state index contributed by atoms with van der Waals surface area (Å²) in [5.41, 5.74) is 4.40. The van der Waals surface area contributed by atoms with E-state index >= 15 is 0 Å². The number of rotatable bonds is 3. The minimum atomic E-state index is 0.148. The number of ketones is 1. The molecule has 0 saturated heterocycles. The second kappa shape index (κ2) is 5.65. The van der Waals surface area contributed by atoms with Crippen molar-refractivity contribution in [3.05, 3.63) is 64.2 Å². The van der Waals surface area contributed by atoms with Gasteiger partial charge in [0.1, 0.15) is 12.4 Å². The number of nitrogens with zero attached hydrogens (tertiary/aromatic N) is 1. The Hall–Kier alpha value is -2.60. The summed E-state index contributed by atoms with van der Waals surface area (Å²) in [4.78, 5) is 12.3. The summed E-state index contributed by atoms with van der Waals surface area (Å²) in [7, 11) is 0. The summed E-state index contributed by atoms with van der Waals surface area (Å²) in [5.74, 6) is 1.02. The number of aryl methyl sites for hydroxylation is 1. The average Bonchev–Trinajstić information content (AvgIpc) is 2.83. The highest BCUT2D eigenvalue weighted by Crippen LogP contribution is 2.40. The molecule has 1 aliphatic rings. The molecule has 0 bridgehead atoms. The quantitative estimate of drug-likeness (QED) is 0.854. The molecule has 1 aliphatic carbocycles. The minimum Gasteiger partial charge on any atom is -0.488 e. The first-order chi connectivity index (χ1) is 10.6. The topological polar surface area (TPSA) is 50.1 Å². The molecule has 3 heteroatoms. The van der Waals surface area contributed by atoms with E-state index in [1.54, 1.807) is 6.07 Å². The molecule has 0 heterocycles. The number of ether oxygens (including phenoxy) is 1. The molecule has 2 aromatic rings. The van der Waals surface area contributed by atoms with Crippen molar-refractivity contribution in [3.63, 3.8) is 0 Å². The molecule has 0 spiro atoms. The molecule has 3 rings (SSSR count). The van der Waals surface area contributed by atoms with Crippen LogP contribution in [0, 0.1) is 18.3 Å². The van der Waals surface area contributed by atoms with Crippen LogP contribution in [0.5, 0.6) is 5.75 Å². The summed E-state index contributed by atoms with van der Waals surface area (Å²) in [6.07, 6.45) is 0.547. The molecule has 110 valence electrons. The van der Waals surface area contributed by atoms with Crippen molar-refractivity contribution >= 4 is 5.78 Å². The monoisotopic (exact) mass is 291 g/mol. The first kappa shape index (κ1) is 14.3. The third-order valence-corrected chi connectivity index (χ3v) is 4.21. The van der Waals surface area contributed by atoms with Crippen LogP contribution in [0.1, 0.15) is 51.9 Å². The van der Waals surface area contributed by atoms with E-state index < -0.39 is 0 Å². The highest BCUT2D eigenvalue weighted by molar-refractivity contribution is 6.04. The van der Waals surface area contributed by atoms with Crippen LogP contribution >= 0.6 is 0 Å². The maximum atomic E-state index is 12.3. The van der Waals surface area contributed by atoms with Gasteiger partial charge in [0, 0.05) is 12.0 Å². The molecule has 0 unspecified atom stereocenters. The predicted molar refractivity (Wildman–Crippen MR) is 84.0 cm³/mol. The largest absolute Gasteiger partial charge is 0.488 e. The van der Waals surface area contributed by atoms with E-state index in [1.165, 1.54) is 0 Å². The smallest absolute Gasteiger partial charge is 0.167 e. The molecule has 0 fully saturated rings. The summed E-state index contributed by atoms with van der Waals surface area (Å²) in [5, 5.41) is 9.12. The molecular formula is C19H17NO2. The number of Topliss-reactive ketones (excluding diaryl/α,β-unsaturated/α-hetero) is 1. The van der Waals surface area contributed by atoms with E-state index in [1.807, 2.05) is 37.3 Å². The van der Waals surface area contributed by atoms with Gasteiger partial charge in [-0.2, -0.15) is 5.26 Å². The van der Waals surface area contributed by atoms with E-state index in [0.717, 1.165) is 22.3 Å². The van der Waals surface area contributed by atoms with Crippen molar-refractivity contribution in [3.8, 4) is 11.8 Å². The van der Waals surface area contributed by atoms with E-state index in [0.29, 0.717) is 24.3 Å². The molecule has 0 N–H and O–H groups in total. The number of carbonyl (C=O) groups is 1. The number of benzene rings is 2. The summed E-state index contributed by atoms with van der Waals surface area (Å²) >= 11 is 0. The van der Waals surface area contributed by atoms with Crippen LogP contribution in [0.4, 0.5) is 0 Å². The standard InChI is InChI=1S/C19H17NO2/c1-12-7-8-17(19-16(21)9-13(2)18(12)19)22-11-15-6-4-3-5-14(15)10-20/h3-8,13H,9,11H2,1-2H3/t13-/m1/s1. The molecule has 0 radical (unpaired) electrons. The molecule has 2 aromatic carbocycles. The Balaban J connectivity index is 1.92. The molecule has 0 aliphatic heterocycles. The summed E-state index contributed by atoms with van der Waals surface area (Å²) < 4.78 is 5.88. The van der Waals surface area contributed by atoms with Gasteiger partial charge in [-0.25, -0.2) is 0 Å². The second-order valence-corrected chi connectivity index (χ2v) is 5.76. The number of hydrogen-bond donors (Lipinski definition) is 0. The normalized spacial score (nSPS) is 16.2. The second-order valence-electron chi connectivity index (χ2n) is 5.76. The van der Waals surface area contributed by atoms with Gasteiger partial charge in [0.05, 0.1) is 17.2 Å². The number of hydrogen-bond acceptors (Lipinski definition) is 3. The highest BCUT2D eigenvalue weighted by atomic mass is 16.5. The van der Waals surface area contributed by atoms with Gasteiger partial charge in [-0.1, -0.05) is 31.2 Å². The van der Waals surface area contributed by atoms with Crippen LogP contribution in [0.2, 0.25) is 0 Å². The zero-order chi connectivity index (χ0) is 15.7. The fourth-order valence-electron chi connectivity index (χ4n) is 3.14. The minimum absolute atomic E-state index is 0.148. The van der Waals surface area contributed by atoms with Crippen molar-refractivity contribution in [1.29, 1.82) is 5.26 Å². The van der Waals surface area contributed by atoms with Crippen LogP contribution in [0.3, 0.4) is 0 Å².